The Balaban J connectivity index is 4.36. The molecule has 0 rings (SSSR count). The Morgan fingerprint density at radius 2 is 2.09 bits per heavy atom. The van der Waals surface area contributed by atoms with E-state index < -0.39 is 8.32 Å². The summed E-state index contributed by atoms with van der Waals surface area (Å²) >= 11 is 4.74. The third-order valence-electron chi connectivity index (χ3n) is 2.07. The highest BCUT2D eigenvalue weighted by Gasteiger charge is 2.34. The van der Waals surface area contributed by atoms with Crippen molar-refractivity contribution in [3.63, 3.8) is 0 Å². The molecule has 2 nitrogen and oxygen atoms in total. The van der Waals surface area contributed by atoms with Gasteiger partial charge in [-0.3, -0.25) is 0 Å². The molecule has 0 bridgehead atoms. The van der Waals surface area contributed by atoms with E-state index >= 15 is 0 Å². The van der Waals surface area contributed by atoms with E-state index in [9.17, 15) is 0 Å². The van der Waals surface area contributed by atoms with E-state index in [0.717, 1.165) is 6.42 Å². The van der Waals surface area contributed by atoms with Gasteiger partial charge in [-0.05, 0) is 31.7 Å². The zero-order chi connectivity index (χ0) is 9.07. The largest absolute Gasteiger partial charge is 0.502 e. The molecule has 0 aromatic carbocycles. The minimum atomic E-state index is -1.76. The van der Waals surface area contributed by atoms with Gasteiger partial charge in [-0.2, -0.15) is 0 Å². The van der Waals surface area contributed by atoms with Crippen LogP contribution in [0.3, 0.4) is 0 Å². The van der Waals surface area contributed by atoms with Crippen molar-refractivity contribution in [3.05, 3.63) is 0 Å². The van der Waals surface area contributed by atoms with E-state index in [-0.39, 0.29) is 10.6 Å². The van der Waals surface area contributed by atoms with Gasteiger partial charge in [0.05, 0.1) is 0 Å². The van der Waals surface area contributed by atoms with Crippen molar-refractivity contribution >= 4 is 25.6 Å². The van der Waals surface area contributed by atoms with Gasteiger partial charge in [0, 0.05) is 12.7 Å². The van der Waals surface area contributed by atoms with E-state index in [4.69, 9.17) is 21.8 Å². The van der Waals surface area contributed by atoms with Crippen molar-refractivity contribution in [1.82, 2.24) is 0 Å². The molecule has 1 atom stereocenters. The van der Waals surface area contributed by atoms with E-state index in [1.54, 1.807) is 7.11 Å². The summed E-state index contributed by atoms with van der Waals surface area (Å²) in [6, 6.07) is 0. The highest BCUT2D eigenvalue weighted by atomic mass is 32.1. The van der Waals surface area contributed by atoms with Crippen molar-refractivity contribution in [2.45, 2.75) is 32.0 Å². The average Bonchev–Trinajstić information content (AvgIpc) is 1.88. The number of hydrogen-bond donors (Lipinski definition) is 1. The fourth-order valence-corrected chi connectivity index (χ4v) is 3.99. The first-order chi connectivity index (χ1) is 4.95. The van der Waals surface area contributed by atoms with Crippen LogP contribution in [0.1, 0.15) is 13.3 Å². The van der Waals surface area contributed by atoms with E-state index in [1.165, 1.54) is 0 Å². The number of rotatable bonds is 4. The average molecular weight is 192 g/mol. The van der Waals surface area contributed by atoms with Crippen LogP contribution in [0.5, 0.6) is 0 Å². The first kappa shape index (κ1) is 11.1. The molecule has 1 unspecified atom stereocenters. The summed E-state index contributed by atoms with van der Waals surface area (Å²) in [6.07, 6.45) is 0.863. The van der Waals surface area contributed by atoms with Crippen LogP contribution in [-0.2, 0) is 4.43 Å². The molecule has 66 valence electrons. The Hall–Kier alpha value is 0.0669. The van der Waals surface area contributed by atoms with E-state index in [0.29, 0.717) is 0 Å². The van der Waals surface area contributed by atoms with Crippen molar-refractivity contribution < 1.29 is 9.53 Å². The summed E-state index contributed by atoms with van der Waals surface area (Å²) in [7, 11) is -0.0733. The first-order valence-corrected chi connectivity index (χ1v) is 7.13. The monoisotopic (exact) mass is 192 g/mol. The van der Waals surface area contributed by atoms with Gasteiger partial charge >= 0.3 is 0 Å². The normalized spacial score (nSPS) is 14.5. The van der Waals surface area contributed by atoms with Crippen LogP contribution in [-0.4, -0.2) is 25.6 Å². The van der Waals surface area contributed by atoms with E-state index in [2.05, 4.69) is 13.1 Å². The molecule has 4 heteroatoms. The van der Waals surface area contributed by atoms with Crippen LogP contribution in [0.4, 0.5) is 0 Å². The van der Waals surface area contributed by atoms with Crippen molar-refractivity contribution in [1.29, 1.82) is 0 Å². The van der Waals surface area contributed by atoms with Crippen LogP contribution in [0.2, 0.25) is 18.6 Å². The highest BCUT2D eigenvalue weighted by Crippen LogP contribution is 2.26. The zero-order valence-electron chi connectivity index (χ0n) is 7.55. The van der Waals surface area contributed by atoms with E-state index in [1.807, 2.05) is 6.92 Å². The van der Waals surface area contributed by atoms with Gasteiger partial charge in [-0.15, -0.1) is 0 Å². The summed E-state index contributed by atoms with van der Waals surface area (Å²) in [4.78, 5) is 0. The maximum atomic E-state index is 9.17. The number of aliphatic hydroxyl groups excluding tert-OH is 1. The molecule has 0 radical (unpaired) electrons. The van der Waals surface area contributed by atoms with Crippen LogP contribution in [0.15, 0.2) is 0 Å². The van der Waals surface area contributed by atoms with Crippen molar-refractivity contribution in [3.8, 4) is 0 Å². The summed E-state index contributed by atoms with van der Waals surface area (Å²) in [5.74, 6) is 0. The number of aliphatic hydroxyl groups is 1. The second-order valence-electron chi connectivity index (χ2n) is 3.11. The van der Waals surface area contributed by atoms with Crippen LogP contribution in [0.25, 0.3) is 0 Å². The standard InChI is InChI=1S/C7H16O2SSi/c1-5-6(7(8)10)11(3,4)9-2/h6H,5H2,1-4H3,(H,8,10). The quantitative estimate of drug-likeness (QED) is 0.548. The summed E-state index contributed by atoms with van der Waals surface area (Å²) in [5, 5.41) is 9.27. The summed E-state index contributed by atoms with van der Waals surface area (Å²) < 4.78 is 5.34. The van der Waals surface area contributed by atoms with Crippen LogP contribution in [0, 0.1) is 0 Å². The SMILES string of the molecule is CCC(C(O)=S)[Si](C)(C)OC. The first-order valence-electron chi connectivity index (χ1n) is 3.73. The van der Waals surface area contributed by atoms with Gasteiger partial charge in [0.15, 0.2) is 13.4 Å². The lowest BCUT2D eigenvalue weighted by Crippen LogP contribution is -2.38. The zero-order valence-corrected chi connectivity index (χ0v) is 9.36. The van der Waals surface area contributed by atoms with Gasteiger partial charge in [0.2, 0.25) is 0 Å². The maximum Gasteiger partial charge on any atom is 0.197 e. The molecular weight excluding hydrogens is 176 g/mol. The smallest absolute Gasteiger partial charge is 0.197 e. The Labute approximate surface area is 74.7 Å². The molecule has 0 aliphatic heterocycles. The fourth-order valence-electron chi connectivity index (χ4n) is 1.11. The molecule has 1 N–H and O–H groups in total. The molecule has 0 heterocycles. The second kappa shape index (κ2) is 4.18. The number of hydrogen-bond acceptors (Lipinski definition) is 2. The Kier molecular flexibility index (Phi) is 4.21. The molecule has 0 aromatic heterocycles. The Bertz CT molecular complexity index is 147. The van der Waals surface area contributed by atoms with Gasteiger partial charge in [0.25, 0.3) is 0 Å². The molecule has 0 saturated carbocycles. The molecule has 0 saturated heterocycles. The molecule has 0 spiro atoms. The minimum Gasteiger partial charge on any atom is -0.502 e. The summed E-state index contributed by atoms with van der Waals surface area (Å²) in [6.45, 7) is 6.13. The molecule has 0 aliphatic rings. The van der Waals surface area contributed by atoms with Crippen molar-refractivity contribution in [2.75, 3.05) is 7.11 Å². The van der Waals surface area contributed by atoms with Gasteiger partial charge in [0.1, 0.15) is 0 Å². The van der Waals surface area contributed by atoms with Gasteiger partial charge in [-0.25, -0.2) is 0 Å². The Morgan fingerprint density at radius 3 is 2.18 bits per heavy atom. The van der Waals surface area contributed by atoms with Gasteiger partial charge in [-0.1, -0.05) is 6.92 Å². The fraction of sp³-hybridized carbons (Fsp3) is 0.857. The van der Waals surface area contributed by atoms with Crippen molar-refractivity contribution in [2.24, 2.45) is 0 Å². The van der Waals surface area contributed by atoms with Crippen LogP contribution < -0.4 is 0 Å². The molecule has 0 amide bonds. The minimum absolute atomic E-state index is 0.0856. The van der Waals surface area contributed by atoms with Crippen LogP contribution >= 0.6 is 12.2 Å². The molecule has 0 fully saturated rings. The second-order valence-corrected chi connectivity index (χ2v) is 7.84. The lowest BCUT2D eigenvalue weighted by molar-refractivity contribution is 0.392. The topological polar surface area (TPSA) is 29.5 Å². The molecule has 0 aliphatic carbocycles. The predicted octanol–water partition coefficient (Wildman–Crippen LogP) is 2.50. The van der Waals surface area contributed by atoms with Gasteiger partial charge < -0.3 is 9.53 Å². The third-order valence-corrected chi connectivity index (χ3v) is 5.98. The molecule has 0 aromatic rings. The highest BCUT2D eigenvalue weighted by molar-refractivity contribution is 7.80. The lowest BCUT2D eigenvalue weighted by Gasteiger charge is -2.27. The maximum absolute atomic E-state index is 9.17. The predicted molar refractivity (Wildman–Crippen MR) is 53.8 cm³/mol. The summed E-state index contributed by atoms with van der Waals surface area (Å²) in [5.41, 5.74) is 0.0856. The lowest BCUT2D eigenvalue weighted by atomic mass is 10.3. The molecular formula is C7H16O2SSi. The number of thiocarbonyl (C=S) groups is 1. The Morgan fingerprint density at radius 1 is 1.64 bits per heavy atom. The molecule has 11 heavy (non-hydrogen) atoms. The third kappa shape index (κ3) is 2.89.